The van der Waals surface area contributed by atoms with Gasteiger partial charge >= 0.3 is 0 Å². The Morgan fingerprint density at radius 1 is 1.17 bits per heavy atom. The van der Waals surface area contributed by atoms with E-state index in [1.54, 1.807) is 6.07 Å². The van der Waals surface area contributed by atoms with E-state index in [1.165, 1.54) is 30.7 Å². The molecule has 1 N–H and O–H groups in total. The molecule has 0 atom stereocenters. The summed E-state index contributed by atoms with van der Waals surface area (Å²) in [7, 11) is -3.84. The van der Waals surface area contributed by atoms with Gasteiger partial charge in [-0.2, -0.15) is 5.26 Å². The maximum Gasteiger partial charge on any atom is 0.263 e. The summed E-state index contributed by atoms with van der Waals surface area (Å²) in [6, 6.07) is 14.0. The second kappa shape index (κ2) is 7.41. The zero-order valence-corrected chi connectivity index (χ0v) is 16.3. The molecule has 0 aliphatic carbocycles. The number of ether oxygens (including phenoxy) is 1. The Kier molecular flexibility index (Phi) is 4.78. The van der Waals surface area contributed by atoms with E-state index in [4.69, 9.17) is 4.74 Å². The van der Waals surface area contributed by atoms with Gasteiger partial charge in [0.25, 0.3) is 10.0 Å². The predicted molar refractivity (Wildman–Crippen MR) is 108 cm³/mol. The molecule has 0 bridgehead atoms. The third-order valence-electron chi connectivity index (χ3n) is 4.49. The van der Waals surface area contributed by atoms with Crippen molar-refractivity contribution in [2.45, 2.75) is 11.8 Å². The monoisotopic (exact) mass is 407 g/mol. The molecule has 0 saturated carbocycles. The van der Waals surface area contributed by atoms with Gasteiger partial charge in [0, 0.05) is 12.3 Å². The normalized spacial score (nSPS) is 13.2. The van der Waals surface area contributed by atoms with Crippen LogP contribution in [0, 0.1) is 18.3 Å². The van der Waals surface area contributed by atoms with E-state index in [1.807, 2.05) is 30.0 Å². The lowest BCUT2D eigenvalue weighted by molar-refractivity contribution is 0.313. The number of benzene rings is 2. The van der Waals surface area contributed by atoms with Crippen molar-refractivity contribution in [1.29, 1.82) is 5.26 Å². The highest BCUT2D eigenvalue weighted by molar-refractivity contribution is 7.92. The maximum atomic E-state index is 12.7. The average molecular weight is 407 g/mol. The molecule has 0 amide bonds. The highest BCUT2D eigenvalue weighted by atomic mass is 32.2. The maximum absolute atomic E-state index is 12.7. The summed E-state index contributed by atoms with van der Waals surface area (Å²) >= 11 is 0. The van der Waals surface area contributed by atoms with Gasteiger partial charge in [-0.25, -0.2) is 18.4 Å². The topological polar surface area (TPSA) is 108 Å². The van der Waals surface area contributed by atoms with E-state index in [-0.39, 0.29) is 10.7 Å². The molecule has 29 heavy (non-hydrogen) atoms. The van der Waals surface area contributed by atoms with E-state index in [2.05, 4.69) is 20.8 Å². The van der Waals surface area contributed by atoms with Crippen molar-refractivity contribution < 1.29 is 13.2 Å². The molecule has 1 aliphatic heterocycles. The summed E-state index contributed by atoms with van der Waals surface area (Å²) in [6.07, 6.45) is 2.72. The molecule has 4 rings (SSSR count). The molecule has 2 heterocycles. The third kappa shape index (κ3) is 3.70. The number of anilines is 3. The van der Waals surface area contributed by atoms with Gasteiger partial charge in [-0.15, -0.1) is 0 Å². The Labute approximate surface area is 168 Å². The molecule has 0 unspecified atom stereocenters. The number of nitrogens with zero attached hydrogens (tertiary/aromatic N) is 4. The Morgan fingerprint density at radius 3 is 2.76 bits per heavy atom. The second-order valence-corrected chi connectivity index (χ2v) is 8.14. The fourth-order valence-corrected chi connectivity index (χ4v) is 4.16. The van der Waals surface area contributed by atoms with Crippen LogP contribution in [0.4, 0.5) is 17.2 Å². The summed E-state index contributed by atoms with van der Waals surface area (Å²) < 4.78 is 33.5. The summed E-state index contributed by atoms with van der Waals surface area (Å²) in [6.45, 7) is 2.85. The number of nitriles is 1. The molecule has 1 aliphatic rings. The van der Waals surface area contributed by atoms with Gasteiger partial charge in [-0.1, -0.05) is 6.07 Å². The predicted octanol–water partition coefficient (Wildman–Crippen LogP) is 2.99. The third-order valence-corrected chi connectivity index (χ3v) is 5.84. The smallest absolute Gasteiger partial charge is 0.263 e. The summed E-state index contributed by atoms with van der Waals surface area (Å²) in [5, 5.41) is 9.51. The Bertz CT molecular complexity index is 1210. The number of hydrogen-bond donors (Lipinski definition) is 1. The zero-order chi connectivity index (χ0) is 20.4. The second-order valence-electron chi connectivity index (χ2n) is 6.46. The largest absolute Gasteiger partial charge is 0.489 e. The fourth-order valence-electron chi connectivity index (χ4n) is 3.14. The Morgan fingerprint density at radius 2 is 2.00 bits per heavy atom. The van der Waals surface area contributed by atoms with Crippen molar-refractivity contribution in [1.82, 2.24) is 9.97 Å². The minimum absolute atomic E-state index is 0.0566. The van der Waals surface area contributed by atoms with Gasteiger partial charge < -0.3 is 9.64 Å². The summed E-state index contributed by atoms with van der Waals surface area (Å²) in [5.74, 6) is 0.616. The number of aryl methyl sites for hydroxylation is 1. The van der Waals surface area contributed by atoms with E-state index < -0.39 is 10.0 Å². The summed E-state index contributed by atoms with van der Waals surface area (Å²) in [4.78, 5) is 9.67. The van der Waals surface area contributed by atoms with Gasteiger partial charge in [0.05, 0.1) is 28.4 Å². The van der Waals surface area contributed by atoms with Gasteiger partial charge in [0.1, 0.15) is 30.6 Å². The fraction of sp³-hybridized carbons (Fsp3) is 0.150. The number of nitrogens with one attached hydrogen (secondary N) is 1. The van der Waals surface area contributed by atoms with Gasteiger partial charge in [-0.05, 0) is 42.8 Å². The van der Waals surface area contributed by atoms with Crippen LogP contribution in [-0.2, 0) is 10.0 Å². The molecule has 146 valence electrons. The van der Waals surface area contributed by atoms with Crippen molar-refractivity contribution in [2.75, 3.05) is 22.8 Å². The molecular formula is C20H17N5O3S. The SMILES string of the molecule is Cc1ccc(N2CCOc3cc(S(=O)(=O)Nc4ccncn4)ccc32)c(C#N)c1. The van der Waals surface area contributed by atoms with E-state index in [0.717, 1.165) is 11.3 Å². The van der Waals surface area contributed by atoms with E-state index in [9.17, 15) is 13.7 Å². The van der Waals surface area contributed by atoms with Crippen LogP contribution in [0.1, 0.15) is 11.1 Å². The van der Waals surface area contributed by atoms with Gasteiger partial charge in [0.2, 0.25) is 0 Å². The number of rotatable bonds is 4. The molecule has 8 nitrogen and oxygen atoms in total. The van der Waals surface area contributed by atoms with Crippen molar-refractivity contribution in [3.8, 4) is 11.8 Å². The zero-order valence-electron chi connectivity index (χ0n) is 15.5. The van der Waals surface area contributed by atoms with E-state index in [0.29, 0.717) is 30.2 Å². The molecule has 0 fully saturated rings. The molecule has 9 heteroatoms. The van der Waals surface area contributed by atoms with Crippen LogP contribution in [0.2, 0.25) is 0 Å². The molecule has 1 aromatic heterocycles. The number of aromatic nitrogens is 2. The average Bonchev–Trinajstić information content (AvgIpc) is 2.73. The van der Waals surface area contributed by atoms with Crippen LogP contribution < -0.4 is 14.4 Å². The summed E-state index contributed by atoms with van der Waals surface area (Å²) in [5.41, 5.74) is 3.02. The molecule has 2 aromatic carbocycles. The first-order chi connectivity index (χ1) is 14.0. The highest BCUT2D eigenvalue weighted by Gasteiger charge is 2.25. The van der Waals surface area contributed by atoms with Crippen LogP contribution in [0.5, 0.6) is 5.75 Å². The lowest BCUT2D eigenvalue weighted by Gasteiger charge is -2.32. The molecule has 0 radical (unpaired) electrons. The first-order valence-electron chi connectivity index (χ1n) is 8.82. The van der Waals surface area contributed by atoms with Gasteiger partial charge in [-0.3, -0.25) is 4.72 Å². The van der Waals surface area contributed by atoms with Crippen LogP contribution in [-0.4, -0.2) is 31.5 Å². The Balaban J connectivity index is 1.70. The Hall–Kier alpha value is -3.64. The van der Waals surface area contributed by atoms with Crippen LogP contribution in [0.25, 0.3) is 0 Å². The molecule has 0 spiro atoms. The minimum Gasteiger partial charge on any atom is -0.489 e. The number of fused-ring (bicyclic) bond motifs is 1. The molecule has 0 saturated heterocycles. The molecular weight excluding hydrogens is 390 g/mol. The quantitative estimate of drug-likeness (QED) is 0.708. The standard InChI is InChI=1S/C20H17N5O3S/c1-14-2-4-17(15(10-14)12-21)25-8-9-28-19-11-16(3-5-18(19)25)29(26,27)24-20-6-7-22-13-23-20/h2-7,10-11,13H,8-9H2,1H3,(H,22,23,24). The van der Waals surface area contributed by atoms with Crippen LogP contribution >= 0.6 is 0 Å². The van der Waals surface area contributed by atoms with Crippen molar-refractivity contribution in [3.63, 3.8) is 0 Å². The van der Waals surface area contributed by atoms with Gasteiger partial charge in [0.15, 0.2) is 0 Å². The molecule has 3 aromatic rings. The van der Waals surface area contributed by atoms with Crippen LogP contribution in [0.15, 0.2) is 59.9 Å². The van der Waals surface area contributed by atoms with Crippen molar-refractivity contribution >= 4 is 27.2 Å². The minimum atomic E-state index is -3.84. The highest BCUT2D eigenvalue weighted by Crippen LogP contribution is 2.39. The first kappa shape index (κ1) is 18.7. The lowest BCUT2D eigenvalue weighted by Crippen LogP contribution is -2.29. The number of hydrogen-bond acceptors (Lipinski definition) is 7. The first-order valence-corrected chi connectivity index (χ1v) is 10.3. The number of sulfonamides is 1. The van der Waals surface area contributed by atoms with Crippen molar-refractivity contribution in [2.24, 2.45) is 0 Å². The lowest BCUT2D eigenvalue weighted by atomic mass is 10.1. The van der Waals surface area contributed by atoms with Crippen LogP contribution in [0.3, 0.4) is 0 Å². The van der Waals surface area contributed by atoms with E-state index >= 15 is 0 Å². The van der Waals surface area contributed by atoms with Crippen molar-refractivity contribution in [3.05, 3.63) is 66.1 Å².